The minimum absolute atomic E-state index is 0.0504. The van der Waals surface area contributed by atoms with Gasteiger partial charge >= 0.3 is 0 Å². The van der Waals surface area contributed by atoms with Crippen molar-refractivity contribution in [2.24, 2.45) is 0 Å². The Morgan fingerprint density at radius 2 is 2.17 bits per heavy atom. The number of nitrogens with zero attached hydrogens (tertiary/aromatic N) is 3. The van der Waals surface area contributed by atoms with Crippen LogP contribution in [0.2, 0.25) is 5.02 Å². The van der Waals surface area contributed by atoms with Crippen molar-refractivity contribution >= 4 is 23.0 Å². The zero-order valence-electron chi connectivity index (χ0n) is 12.8. The molecule has 0 atom stereocenters. The molecule has 0 amide bonds. The highest BCUT2D eigenvalue weighted by molar-refractivity contribution is 6.30. The number of benzene rings is 1. The van der Waals surface area contributed by atoms with Gasteiger partial charge in [0.1, 0.15) is 17.2 Å². The fourth-order valence-electron chi connectivity index (χ4n) is 2.57. The van der Waals surface area contributed by atoms with E-state index in [-0.39, 0.29) is 10.8 Å². The van der Waals surface area contributed by atoms with Gasteiger partial charge in [0.25, 0.3) is 0 Å². The van der Waals surface area contributed by atoms with Crippen molar-refractivity contribution in [2.75, 3.05) is 0 Å². The molecule has 0 bridgehead atoms. The Kier molecular flexibility index (Phi) is 4.13. The molecule has 3 aromatic rings. The van der Waals surface area contributed by atoms with Crippen LogP contribution < -0.4 is 0 Å². The summed E-state index contributed by atoms with van der Waals surface area (Å²) in [6, 6.07) is 6.39. The lowest BCUT2D eigenvalue weighted by atomic mass is 10.0. The maximum absolute atomic E-state index is 14.0. The number of ketones is 1. The number of aryl methyl sites for hydroxylation is 1. The molecule has 2 aromatic heterocycles. The van der Waals surface area contributed by atoms with Crippen LogP contribution in [0.5, 0.6) is 0 Å². The van der Waals surface area contributed by atoms with Crippen LogP contribution in [0.4, 0.5) is 4.39 Å². The van der Waals surface area contributed by atoms with Crippen LogP contribution in [-0.2, 0) is 0 Å². The molecule has 0 spiro atoms. The van der Waals surface area contributed by atoms with Gasteiger partial charge in [0.05, 0.1) is 5.02 Å². The first-order chi connectivity index (χ1) is 11.0. The average Bonchev–Trinajstić information content (AvgIpc) is 2.90. The molecule has 0 saturated carbocycles. The van der Waals surface area contributed by atoms with Crippen LogP contribution >= 0.6 is 11.6 Å². The van der Waals surface area contributed by atoms with Gasteiger partial charge in [0.2, 0.25) is 0 Å². The van der Waals surface area contributed by atoms with Crippen LogP contribution in [0.3, 0.4) is 0 Å². The summed E-state index contributed by atoms with van der Waals surface area (Å²) in [6.07, 6.45) is 2.70. The lowest BCUT2D eigenvalue weighted by molar-refractivity contribution is 0.0978. The van der Waals surface area contributed by atoms with Gasteiger partial charge in [-0.2, -0.15) is 5.10 Å². The molecule has 0 aliphatic heterocycles. The summed E-state index contributed by atoms with van der Waals surface area (Å²) in [5.74, 6) is -0.616. The van der Waals surface area contributed by atoms with Crippen LogP contribution in [-0.4, -0.2) is 20.4 Å². The van der Waals surface area contributed by atoms with E-state index in [2.05, 4.69) is 10.1 Å². The first kappa shape index (κ1) is 15.6. The van der Waals surface area contributed by atoms with Gasteiger partial charge in [-0.3, -0.25) is 4.79 Å². The van der Waals surface area contributed by atoms with E-state index in [0.29, 0.717) is 35.4 Å². The molecule has 3 rings (SSSR count). The third-order valence-corrected chi connectivity index (χ3v) is 3.95. The predicted molar refractivity (Wildman–Crippen MR) is 87.4 cm³/mol. The zero-order chi connectivity index (χ0) is 16.6. The topological polar surface area (TPSA) is 47.3 Å². The summed E-state index contributed by atoms with van der Waals surface area (Å²) >= 11 is 5.84. The summed E-state index contributed by atoms with van der Waals surface area (Å²) in [7, 11) is 0. The highest BCUT2D eigenvalue weighted by Crippen LogP contribution is 2.31. The summed E-state index contributed by atoms with van der Waals surface area (Å²) < 4.78 is 15.5. The number of fused-ring (bicyclic) bond motifs is 1. The first-order valence-electron chi connectivity index (χ1n) is 7.36. The largest absolute Gasteiger partial charge is 0.292 e. The maximum Gasteiger partial charge on any atom is 0.183 e. The quantitative estimate of drug-likeness (QED) is 0.662. The van der Waals surface area contributed by atoms with E-state index in [4.69, 9.17) is 11.6 Å². The Hall–Kier alpha value is -2.27. The summed E-state index contributed by atoms with van der Waals surface area (Å²) in [5, 5.41) is 4.31. The van der Waals surface area contributed by atoms with Gasteiger partial charge in [-0.25, -0.2) is 13.9 Å². The molecule has 6 heteroatoms. The molecule has 0 radical (unpaired) electrons. The molecule has 0 saturated heterocycles. The number of Topliss-reactive ketones (excluding diaryl/α,β-unsaturated/α-hetero) is 1. The van der Waals surface area contributed by atoms with Crippen molar-refractivity contribution in [1.29, 1.82) is 0 Å². The maximum atomic E-state index is 14.0. The highest BCUT2D eigenvalue weighted by Gasteiger charge is 2.22. The Labute approximate surface area is 137 Å². The first-order valence-corrected chi connectivity index (χ1v) is 7.73. The minimum Gasteiger partial charge on any atom is -0.292 e. The summed E-state index contributed by atoms with van der Waals surface area (Å²) in [6.45, 7) is 3.75. The van der Waals surface area contributed by atoms with Crippen molar-refractivity contribution in [1.82, 2.24) is 14.6 Å². The van der Waals surface area contributed by atoms with Crippen molar-refractivity contribution in [2.45, 2.75) is 26.7 Å². The molecule has 2 heterocycles. The third kappa shape index (κ3) is 2.72. The van der Waals surface area contributed by atoms with Crippen LogP contribution in [0.1, 0.15) is 35.8 Å². The second-order valence-corrected chi connectivity index (χ2v) is 5.76. The van der Waals surface area contributed by atoms with E-state index in [1.54, 1.807) is 28.9 Å². The normalized spacial score (nSPS) is 11.1. The average molecular weight is 332 g/mol. The fourth-order valence-corrected chi connectivity index (χ4v) is 2.79. The lowest BCUT2D eigenvalue weighted by Gasteiger charge is -2.08. The van der Waals surface area contributed by atoms with Gasteiger partial charge in [-0.05, 0) is 43.2 Å². The van der Waals surface area contributed by atoms with E-state index >= 15 is 0 Å². The van der Waals surface area contributed by atoms with E-state index in [1.807, 2.05) is 13.8 Å². The number of carbonyl (C=O) groups is 1. The zero-order valence-corrected chi connectivity index (χ0v) is 13.6. The standard InChI is InChI=1S/C17H15ClFN3O/c1-3-5-14(23)16-17(22-15(21-16)6-4-7-20-22)11-9-13(19)12(18)8-10(11)2/h4,6-9H,3,5H2,1-2H3. The fraction of sp³-hybridized carbons (Fsp3) is 0.235. The molecule has 0 N–H and O–H groups in total. The Morgan fingerprint density at radius 1 is 1.39 bits per heavy atom. The number of carbonyl (C=O) groups excluding carboxylic acids is 1. The van der Waals surface area contributed by atoms with Gasteiger partial charge in [0, 0.05) is 18.2 Å². The third-order valence-electron chi connectivity index (χ3n) is 3.66. The molecule has 4 nitrogen and oxygen atoms in total. The van der Waals surface area contributed by atoms with E-state index in [9.17, 15) is 9.18 Å². The van der Waals surface area contributed by atoms with Gasteiger partial charge in [0.15, 0.2) is 11.4 Å². The summed E-state index contributed by atoms with van der Waals surface area (Å²) in [5.41, 5.74) is 2.70. The SMILES string of the molecule is CCCC(=O)c1nc2cccnn2c1-c1cc(F)c(Cl)cc1C. The predicted octanol–water partition coefficient (Wildman–Crippen LogP) is 4.48. The van der Waals surface area contributed by atoms with Crippen LogP contribution in [0.25, 0.3) is 16.9 Å². The lowest BCUT2D eigenvalue weighted by Crippen LogP contribution is -2.03. The number of halogens is 2. The summed E-state index contributed by atoms with van der Waals surface area (Å²) in [4.78, 5) is 16.8. The number of imidazole rings is 1. The smallest absolute Gasteiger partial charge is 0.183 e. The molecule has 0 fully saturated rings. The van der Waals surface area contributed by atoms with Gasteiger partial charge < -0.3 is 0 Å². The van der Waals surface area contributed by atoms with Crippen LogP contribution in [0.15, 0.2) is 30.5 Å². The molecular formula is C17H15ClFN3O. The number of hydrogen-bond acceptors (Lipinski definition) is 3. The second-order valence-electron chi connectivity index (χ2n) is 5.36. The highest BCUT2D eigenvalue weighted by atomic mass is 35.5. The monoisotopic (exact) mass is 331 g/mol. The van der Waals surface area contributed by atoms with E-state index in [0.717, 1.165) is 5.56 Å². The second kappa shape index (κ2) is 6.08. The molecule has 118 valence electrons. The molecule has 0 unspecified atom stereocenters. The van der Waals surface area contributed by atoms with Gasteiger partial charge in [-0.1, -0.05) is 18.5 Å². The van der Waals surface area contributed by atoms with Crippen molar-refractivity contribution in [3.05, 3.63) is 52.6 Å². The Balaban J connectivity index is 2.33. The van der Waals surface area contributed by atoms with E-state index in [1.165, 1.54) is 6.07 Å². The van der Waals surface area contributed by atoms with Crippen LogP contribution in [0, 0.1) is 12.7 Å². The molecular weight excluding hydrogens is 317 g/mol. The molecule has 1 aromatic carbocycles. The molecule has 0 aliphatic carbocycles. The Morgan fingerprint density at radius 3 is 2.91 bits per heavy atom. The van der Waals surface area contributed by atoms with Crippen molar-refractivity contribution in [3.63, 3.8) is 0 Å². The number of aromatic nitrogens is 3. The van der Waals surface area contributed by atoms with Gasteiger partial charge in [-0.15, -0.1) is 0 Å². The molecule has 0 aliphatic rings. The minimum atomic E-state index is -0.535. The number of rotatable bonds is 4. The number of hydrogen-bond donors (Lipinski definition) is 0. The molecule has 23 heavy (non-hydrogen) atoms. The van der Waals surface area contributed by atoms with Crippen molar-refractivity contribution < 1.29 is 9.18 Å². The van der Waals surface area contributed by atoms with Crippen molar-refractivity contribution in [3.8, 4) is 11.3 Å². The Bertz CT molecular complexity index is 904. The van der Waals surface area contributed by atoms with E-state index < -0.39 is 5.82 Å².